The lowest BCUT2D eigenvalue weighted by molar-refractivity contribution is -0.143. The van der Waals surface area contributed by atoms with Gasteiger partial charge in [0, 0.05) is 36.6 Å². The molecule has 4 rings (SSSR count). The van der Waals surface area contributed by atoms with Crippen LogP contribution in [0, 0.1) is 11.8 Å². The van der Waals surface area contributed by atoms with Crippen molar-refractivity contribution in [3.8, 4) is 0 Å². The summed E-state index contributed by atoms with van der Waals surface area (Å²) < 4.78 is 27.5. The first kappa shape index (κ1) is 21.4. The molecular formula is C21H28Cl2N2O3S. The van der Waals surface area contributed by atoms with Crippen LogP contribution in [0.2, 0.25) is 10.0 Å². The molecule has 5 nitrogen and oxygen atoms in total. The molecule has 2 aliphatic heterocycles. The number of fused-ring (bicyclic) bond motifs is 1. The van der Waals surface area contributed by atoms with Crippen molar-refractivity contribution in [1.82, 2.24) is 9.21 Å². The van der Waals surface area contributed by atoms with Crippen LogP contribution in [-0.2, 0) is 14.8 Å². The molecule has 1 amide bonds. The van der Waals surface area contributed by atoms with Gasteiger partial charge in [-0.2, -0.15) is 4.31 Å². The Bertz CT molecular complexity index is 867. The van der Waals surface area contributed by atoms with E-state index in [4.69, 9.17) is 23.2 Å². The number of benzene rings is 1. The molecule has 29 heavy (non-hydrogen) atoms. The Kier molecular flexibility index (Phi) is 6.45. The van der Waals surface area contributed by atoms with Crippen molar-refractivity contribution in [1.29, 1.82) is 0 Å². The largest absolute Gasteiger partial charge is 0.339 e. The lowest BCUT2D eigenvalue weighted by Gasteiger charge is -2.46. The Morgan fingerprint density at radius 1 is 0.931 bits per heavy atom. The van der Waals surface area contributed by atoms with Crippen LogP contribution >= 0.6 is 23.2 Å². The van der Waals surface area contributed by atoms with Crippen LogP contribution < -0.4 is 0 Å². The van der Waals surface area contributed by atoms with Gasteiger partial charge in [0.25, 0.3) is 0 Å². The van der Waals surface area contributed by atoms with E-state index in [2.05, 4.69) is 4.90 Å². The number of carbonyl (C=O) groups is 1. The smallest absolute Gasteiger partial charge is 0.244 e. The molecule has 160 valence electrons. The second-order valence-electron chi connectivity index (χ2n) is 8.54. The average Bonchev–Trinajstić information content (AvgIpc) is 2.74. The minimum Gasteiger partial charge on any atom is -0.339 e. The van der Waals surface area contributed by atoms with Crippen molar-refractivity contribution >= 4 is 39.1 Å². The minimum absolute atomic E-state index is 0.0394. The zero-order valence-electron chi connectivity index (χ0n) is 16.5. The van der Waals surface area contributed by atoms with Crippen LogP contribution in [0.4, 0.5) is 0 Å². The van der Waals surface area contributed by atoms with Crippen molar-refractivity contribution in [3.05, 3.63) is 28.2 Å². The number of sulfonamides is 1. The number of rotatable bonds is 3. The van der Waals surface area contributed by atoms with E-state index in [1.165, 1.54) is 42.1 Å². The number of carbonyl (C=O) groups excluding carboxylic acids is 1. The van der Waals surface area contributed by atoms with Gasteiger partial charge in [0.1, 0.15) is 4.90 Å². The summed E-state index contributed by atoms with van der Waals surface area (Å²) in [4.78, 5) is 15.4. The topological polar surface area (TPSA) is 57.7 Å². The van der Waals surface area contributed by atoms with Gasteiger partial charge in [0.05, 0.1) is 5.02 Å². The van der Waals surface area contributed by atoms with Crippen molar-refractivity contribution < 1.29 is 13.2 Å². The van der Waals surface area contributed by atoms with Crippen molar-refractivity contribution in [2.75, 3.05) is 19.6 Å². The van der Waals surface area contributed by atoms with E-state index in [-0.39, 0.29) is 21.7 Å². The van der Waals surface area contributed by atoms with Gasteiger partial charge in [0.2, 0.25) is 15.9 Å². The molecule has 0 spiro atoms. The van der Waals surface area contributed by atoms with Crippen LogP contribution in [0.1, 0.15) is 51.4 Å². The minimum atomic E-state index is -3.72. The monoisotopic (exact) mass is 458 g/mol. The Morgan fingerprint density at radius 3 is 2.38 bits per heavy atom. The Hall–Kier alpha value is -0.820. The third-order valence-corrected chi connectivity index (χ3v) is 9.46. The normalized spacial score (nSPS) is 26.9. The zero-order valence-corrected chi connectivity index (χ0v) is 18.9. The van der Waals surface area contributed by atoms with Gasteiger partial charge in [-0.05, 0) is 62.6 Å². The zero-order chi connectivity index (χ0) is 20.6. The van der Waals surface area contributed by atoms with Gasteiger partial charge < -0.3 is 4.90 Å². The summed E-state index contributed by atoms with van der Waals surface area (Å²) in [5, 5.41) is 0.509. The number of hydrogen-bond acceptors (Lipinski definition) is 3. The molecule has 1 aromatic carbocycles. The Balaban J connectivity index is 1.42. The first-order chi connectivity index (χ1) is 13.9. The van der Waals surface area contributed by atoms with Crippen LogP contribution in [0.25, 0.3) is 0 Å². The standard InChI is InChI=1S/C21H28Cl2N2O3S/c22-17-7-8-18(23)20(14-17)29(27,28)24-12-9-16(10-13-24)21(26)25-11-3-5-15-4-1-2-6-19(15)25/h7-8,14-16,19H,1-6,9-13H2. The molecule has 3 aliphatic rings. The number of nitrogens with zero attached hydrogens (tertiary/aromatic N) is 2. The molecule has 2 unspecified atom stereocenters. The summed E-state index contributed by atoms with van der Waals surface area (Å²) in [6, 6.07) is 4.87. The van der Waals surface area contributed by atoms with Gasteiger partial charge in [-0.25, -0.2) is 8.42 Å². The van der Waals surface area contributed by atoms with Crippen LogP contribution in [-0.4, -0.2) is 49.2 Å². The maximum atomic E-state index is 13.3. The van der Waals surface area contributed by atoms with Crippen LogP contribution in [0.5, 0.6) is 0 Å². The molecule has 1 saturated carbocycles. The molecule has 0 N–H and O–H groups in total. The van der Waals surface area contributed by atoms with E-state index in [0.717, 1.165) is 19.4 Å². The van der Waals surface area contributed by atoms with E-state index in [0.29, 0.717) is 42.9 Å². The third kappa shape index (κ3) is 4.32. The van der Waals surface area contributed by atoms with Crippen molar-refractivity contribution in [2.45, 2.75) is 62.3 Å². The predicted octanol–water partition coefficient (Wildman–Crippen LogP) is 4.58. The first-order valence-corrected chi connectivity index (χ1v) is 12.8. The highest BCUT2D eigenvalue weighted by molar-refractivity contribution is 7.89. The van der Waals surface area contributed by atoms with E-state index >= 15 is 0 Å². The molecule has 0 bridgehead atoms. The summed E-state index contributed by atoms with van der Waals surface area (Å²) in [5.74, 6) is 0.809. The maximum absolute atomic E-state index is 13.3. The fourth-order valence-electron chi connectivity index (χ4n) is 5.29. The number of hydrogen-bond donors (Lipinski definition) is 0. The summed E-state index contributed by atoms with van der Waals surface area (Å²) in [6.45, 7) is 1.53. The third-order valence-electron chi connectivity index (χ3n) is 6.84. The van der Waals surface area contributed by atoms with E-state index in [9.17, 15) is 13.2 Å². The molecule has 3 fully saturated rings. The molecule has 0 aromatic heterocycles. The summed E-state index contributed by atoms with van der Waals surface area (Å²) in [6.07, 6.45) is 8.31. The number of halogens is 2. The molecule has 0 radical (unpaired) electrons. The fraction of sp³-hybridized carbons (Fsp3) is 0.667. The molecule has 1 aromatic rings. The van der Waals surface area contributed by atoms with Crippen molar-refractivity contribution in [2.24, 2.45) is 11.8 Å². The van der Waals surface area contributed by atoms with Gasteiger partial charge in [-0.15, -0.1) is 0 Å². The first-order valence-electron chi connectivity index (χ1n) is 10.6. The quantitative estimate of drug-likeness (QED) is 0.665. The predicted molar refractivity (Wildman–Crippen MR) is 115 cm³/mol. The maximum Gasteiger partial charge on any atom is 0.244 e. The lowest BCUT2D eigenvalue weighted by Crippen LogP contribution is -2.53. The summed E-state index contributed by atoms with van der Waals surface area (Å²) >= 11 is 12.1. The molecule has 2 atom stereocenters. The lowest BCUT2D eigenvalue weighted by atomic mass is 9.77. The summed E-state index contributed by atoms with van der Waals surface area (Å²) in [7, 11) is -3.72. The van der Waals surface area contributed by atoms with Crippen LogP contribution in [0.15, 0.2) is 23.1 Å². The second-order valence-corrected chi connectivity index (χ2v) is 11.3. The SMILES string of the molecule is O=C(C1CCN(S(=O)(=O)c2cc(Cl)ccc2Cl)CC1)N1CCCC2CCCCC21. The molecular weight excluding hydrogens is 431 g/mol. The van der Waals surface area contributed by atoms with Gasteiger partial charge >= 0.3 is 0 Å². The number of amides is 1. The van der Waals surface area contributed by atoms with Crippen molar-refractivity contribution in [3.63, 3.8) is 0 Å². The fourth-order valence-corrected chi connectivity index (χ4v) is 7.50. The highest BCUT2D eigenvalue weighted by Gasteiger charge is 2.40. The number of piperidine rings is 2. The van der Waals surface area contributed by atoms with E-state index in [1.807, 2.05) is 0 Å². The molecule has 2 saturated heterocycles. The molecule has 1 aliphatic carbocycles. The van der Waals surface area contributed by atoms with Gasteiger partial charge in [0.15, 0.2) is 0 Å². The summed E-state index contributed by atoms with van der Waals surface area (Å²) in [5.41, 5.74) is 0. The molecule has 2 heterocycles. The Labute approximate surface area is 183 Å². The van der Waals surface area contributed by atoms with Gasteiger partial charge in [-0.3, -0.25) is 4.79 Å². The van der Waals surface area contributed by atoms with Gasteiger partial charge in [-0.1, -0.05) is 36.0 Å². The van der Waals surface area contributed by atoms with E-state index in [1.54, 1.807) is 6.07 Å². The second kappa shape index (κ2) is 8.74. The average molecular weight is 459 g/mol. The Morgan fingerprint density at radius 2 is 1.62 bits per heavy atom. The highest BCUT2D eigenvalue weighted by Crippen LogP contribution is 2.37. The molecule has 8 heteroatoms. The highest BCUT2D eigenvalue weighted by atomic mass is 35.5. The van der Waals surface area contributed by atoms with E-state index < -0.39 is 10.0 Å². The number of likely N-dealkylation sites (tertiary alicyclic amines) is 1. The van der Waals surface area contributed by atoms with Crippen LogP contribution in [0.3, 0.4) is 0 Å².